The van der Waals surface area contributed by atoms with Crippen LogP contribution in [0.4, 0.5) is 0 Å². The maximum Gasteiger partial charge on any atom is 0.262 e. The number of methoxy groups -OCH3 is 1. The molecule has 4 rings (SSSR count). The minimum Gasteiger partial charge on any atom is -0.383 e. The maximum atomic E-state index is 13.5. The van der Waals surface area contributed by atoms with E-state index in [1.165, 1.54) is 11.1 Å². The lowest BCUT2D eigenvalue weighted by atomic mass is 9.84. The van der Waals surface area contributed by atoms with Crippen molar-refractivity contribution in [2.24, 2.45) is 11.0 Å². The van der Waals surface area contributed by atoms with Crippen molar-refractivity contribution in [1.29, 1.82) is 0 Å². The van der Waals surface area contributed by atoms with E-state index in [4.69, 9.17) is 9.84 Å². The molecule has 1 unspecified atom stereocenters. The van der Waals surface area contributed by atoms with Crippen LogP contribution in [0.3, 0.4) is 0 Å². The number of rotatable bonds is 8. The van der Waals surface area contributed by atoms with E-state index in [1.54, 1.807) is 17.0 Å². The van der Waals surface area contributed by atoms with Crippen molar-refractivity contribution in [3.8, 4) is 0 Å². The number of amides is 2. The minimum absolute atomic E-state index is 0.0196. The Morgan fingerprint density at radius 2 is 1.85 bits per heavy atom. The van der Waals surface area contributed by atoms with Crippen molar-refractivity contribution < 1.29 is 14.3 Å². The highest BCUT2D eigenvalue weighted by molar-refractivity contribution is 6.03. The van der Waals surface area contributed by atoms with Gasteiger partial charge in [0.05, 0.1) is 18.4 Å². The molecule has 1 saturated carbocycles. The predicted molar refractivity (Wildman–Crippen MR) is 129 cm³/mol. The van der Waals surface area contributed by atoms with Crippen LogP contribution >= 0.6 is 0 Å². The first kappa shape index (κ1) is 23.2. The molecule has 1 aliphatic heterocycles. The van der Waals surface area contributed by atoms with Gasteiger partial charge in [-0.1, -0.05) is 48.9 Å². The third-order valence-electron chi connectivity index (χ3n) is 6.85. The van der Waals surface area contributed by atoms with Crippen LogP contribution in [0, 0.1) is 19.8 Å². The molecule has 1 fully saturated rings. The summed E-state index contributed by atoms with van der Waals surface area (Å²) in [5.74, 6) is -0.0697. The Balaban J connectivity index is 1.59. The molecule has 2 aromatic rings. The molecule has 0 saturated heterocycles. The normalized spacial score (nSPS) is 18.1. The Morgan fingerprint density at radius 1 is 1.09 bits per heavy atom. The number of ether oxygens (including phenoxy) is 1. The van der Waals surface area contributed by atoms with Crippen LogP contribution in [0.5, 0.6) is 0 Å². The fourth-order valence-electron chi connectivity index (χ4n) is 4.39. The highest BCUT2D eigenvalue weighted by Gasteiger charge is 2.36. The third kappa shape index (κ3) is 5.17. The molecule has 2 aromatic carbocycles. The highest BCUT2D eigenvalue weighted by atomic mass is 16.5. The van der Waals surface area contributed by atoms with Gasteiger partial charge in [-0.3, -0.25) is 9.59 Å². The Labute approximate surface area is 196 Å². The Bertz CT molecular complexity index is 1030. The van der Waals surface area contributed by atoms with Gasteiger partial charge < -0.3 is 9.64 Å². The van der Waals surface area contributed by atoms with Gasteiger partial charge >= 0.3 is 0 Å². The monoisotopic (exact) mass is 447 g/mol. The molecule has 1 atom stereocenters. The molecule has 0 aromatic heterocycles. The second-order valence-electron chi connectivity index (χ2n) is 9.10. The first-order chi connectivity index (χ1) is 16.0. The van der Waals surface area contributed by atoms with Crippen LogP contribution < -0.4 is 0 Å². The van der Waals surface area contributed by atoms with Gasteiger partial charge in [-0.05, 0) is 55.0 Å². The van der Waals surface area contributed by atoms with Gasteiger partial charge in [0.2, 0.25) is 5.91 Å². The molecule has 33 heavy (non-hydrogen) atoms. The molecule has 0 N–H and O–H groups in total. The van der Waals surface area contributed by atoms with E-state index in [0.717, 1.165) is 36.1 Å². The molecule has 2 aliphatic rings. The average Bonchev–Trinajstić information content (AvgIpc) is 3.23. The van der Waals surface area contributed by atoms with Crippen molar-refractivity contribution in [3.63, 3.8) is 0 Å². The molecule has 0 radical (unpaired) electrons. The molecule has 174 valence electrons. The molecule has 6 heteroatoms. The summed E-state index contributed by atoms with van der Waals surface area (Å²) in [7, 11) is 1.61. The fourth-order valence-corrected chi connectivity index (χ4v) is 4.39. The van der Waals surface area contributed by atoms with E-state index in [1.807, 2.05) is 30.3 Å². The lowest BCUT2D eigenvalue weighted by molar-refractivity contribution is -0.146. The van der Waals surface area contributed by atoms with E-state index in [-0.39, 0.29) is 30.3 Å². The van der Waals surface area contributed by atoms with E-state index in [0.29, 0.717) is 19.6 Å². The summed E-state index contributed by atoms with van der Waals surface area (Å²) in [4.78, 5) is 28.1. The summed E-state index contributed by atoms with van der Waals surface area (Å²) in [5.41, 5.74) is 5.41. The highest BCUT2D eigenvalue weighted by Crippen LogP contribution is 2.34. The van der Waals surface area contributed by atoms with Crippen LogP contribution in [0.25, 0.3) is 0 Å². The van der Waals surface area contributed by atoms with Gasteiger partial charge in [-0.15, -0.1) is 0 Å². The molecular weight excluding hydrogens is 414 g/mol. The summed E-state index contributed by atoms with van der Waals surface area (Å²) in [6, 6.07) is 16.1. The number of carbonyl (C=O) groups excluding carboxylic acids is 2. The lowest BCUT2D eigenvalue weighted by Crippen LogP contribution is -2.46. The minimum atomic E-state index is -0.182. The first-order valence-corrected chi connectivity index (χ1v) is 11.8. The molecule has 2 amide bonds. The number of nitrogens with zero attached hydrogens (tertiary/aromatic N) is 3. The molecule has 0 spiro atoms. The summed E-state index contributed by atoms with van der Waals surface area (Å²) in [5, 5.41) is 6.38. The van der Waals surface area contributed by atoms with Gasteiger partial charge in [0.1, 0.15) is 6.54 Å². The van der Waals surface area contributed by atoms with Crippen LogP contribution in [-0.2, 0) is 14.3 Å². The maximum absolute atomic E-state index is 13.5. The van der Waals surface area contributed by atoms with Crippen molar-refractivity contribution >= 4 is 17.5 Å². The van der Waals surface area contributed by atoms with Crippen molar-refractivity contribution in [1.82, 2.24) is 9.91 Å². The van der Waals surface area contributed by atoms with Crippen LogP contribution in [0.2, 0.25) is 0 Å². The standard InChI is InChI=1S/C27H33N3O3/c1-19-12-13-23(16-20(19)2)24-17-25(21-8-5-4-6-9-21)30(28-24)26(31)18-29(14-15-33-3)27(32)22-10-7-11-22/h4-6,8-9,12-13,16,22,25H,7,10-11,14-15,17-18H2,1-3H3. The largest absolute Gasteiger partial charge is 0.383 e. The van der Waals surface area contributed by atoms with Crippen molar-refractivity contribution in [2.75, 3.05) is 26.8 Å². The van der Waals surface area contributed by atoms with Gasteiger partial charge in [-0.2, -0.15) is 5.10 Å². The summed E-state index contributed by atoms with van der Waals surface area (Å²) in [6.45, 7) is 5.02. The smallest absolute Gasteiger partial charge is 0.262 e. The zero-order chi connectivity index (χ0) is 23.4. The zero-order valence-corrected chi connectivity index (χ0v) is 19.8. The molecule has 6 nitrogen and oxygen atoms in total. The summed E-state index contributed by atoms with van der Waals surface area (Å²) >= 11 is 0. The van der Waals surface area contributed by atoms with Crippen LogP contribution in [0.1, 0.15) is 54.0 Å². The fraction of sp³-hybridized carbons (Fsp3) is 0.444. The van der Waals surface area contributed by atoms with Gasteiger partial charge in [-0.25, -0.2) is 5.01 Å². The predicted octanol–water partition coefficient (Wildman–Crippen LogP) is 4.26. The van der Waals surface area contributed by atoms with E-state index in [2.05, 4.69) is 32.0 Å². The Kier molecular flexibility index (Phi) is 7.23. The molecule has 1 heterocycles. The Hall–Kier alpha value is -2.99. The van der Waals surface area contributed by atoms with E-state index >= 15 is 0 Å². The zero-order valence-electron chi connectivity index (χ0n) is 19.8. The first-order valence-electron chi connectivity index (χ1n) is 11.8. The Morgan fingerprint density at radius 3 is 2.48 bits per heavy atom. The number of hydrogen-bond acceptors (Lipinski definition) is 4. The molecule has 1 aliphatic carbocycles. The van der Waals surface area contributed by atoms with Crippen molar-refractivity contribution in [3.05, 3.63) is 70.8 Å². The quantitative estimate of drug-likeness (QED) is 0.608. The van der Waals surface area contributed by atoms with Gasteiger partial charge in [0.25, 0.3) is 5.91 Å². The number of hydrogen-bond donors (Lipinski definition) is 0. The van der Waals surface area contributed by atoms with E-state index < -0.39 is 0 Å². The summed E-state index contributed by atoms with van der Waals surface area (Å²) in [6.07, 6.45) is 3.53. The number of benzene rings is 2. The van der Waals surface area contributed by atoms with Crippen LogP contribution in [-0.4, -0.2) is 54.2 Å². The molecular formula is C27H33N3O3. The lowest BCUT2D eigenvalue weighted by Gasteiger charge is -2.32. The second-order valence-corrected chi connectivity index (χ2v) is 9.10. The summed E-state index contributed by atoms with van der Waals surface area (Å²) < 4.78 is 5.20. The topological polar surface area (TPSA) is 62.2 Å². The van der Waals surface area contributed by atoms with Gasteiger partial charge in [0.15, 0.2) is 0 Å². The number of hydrazone groups is 1. The van der Waals surface area contributed by atoms with Gasteiger partial charge in [0, 0.05) is 26.0 Å². The number of carbonyl (C=O) groups is 2. The van der Waals surface area contributed by atoms with Crippen molar-refractivity contribution in [2.45, 2.75) is 45.6 Å². The van der Waals surface area contributed by atoms with E-state index in [9.17, 15) is 9.59 Å². The SMILES string of the molecule is COCCN(CC(=O)N1N=C(c2ccc(C)c(C)c2)CC1c1ccccc1)C(=O)C1CCC1. The number of aryl methyl sites for hydroxylation is 2. The third-order valence-corrected chi connectivity index (χ3v) is 6.85. The average molecular weight is 448 g/mol. The second kappa shape index (κ2) is 10.3. The van der Waals surface area contributed by atoms with Crippen LogP contribution in [0.15, 0.2) is 53.6 Å². The molecule has 0 bridgehead atoms.